The normalized spacial score (nSPS) is 36.5. The van der Waals surface area contributed by atoms with Gasteiger partial charge in [0.25, 0.3) is 0 Å². The van der Waals surface area contributed by atoms with Crippen LogP contribution in [-0.4, -0.2) is 35.3 Å². The highest BCUT2D eigenvalue weighted by molar-refractivity contribution is 6.29. The number of allylic oxidation sites excluding steroid dienone is 1. The number of carbonyl (C=O) groups excluding carboxylic acids is 3. The molecule has 0 aromatic rings. The van der Waals surface area contributed by atoms with E-state index in [-0.39, 0.29) is 23.6 Å². The lowest BCUT2D eigenvalue weighted by molar-refractivity contribution is -0.152. The predicted octanol–water partition coefficient (Wildman–Crippen LogP) is 2.57. The van der Waals surface area contributed by atoms with Crippen molar-refractivity contribution in [2.75, 3.05) is 0 Å². The minimum atomic E-state index is -0.768. The van der Waals surface area contributed by atoms with Crippen molar-refractivity contribution in [1.29, 1.82) is 0 Å². The maximum absolute atomic E-state index is 12.4. The molecule has 6 atom stereocenters. The minimum absolute atomic E-state index is 0.0398. The Balaban J connectivity index is 2.03. The molecule has 0 amide bonds. The van der Waals surface area contributed by atoms with Crippen molar-refractivity contribution < 1.29 is 23.9 Å². The van der Waals surface area contributed by atoms with Crippen molar-refractivity contribution in [3.05, 3.63) is 22.8 Å². The second-order valence-corrected chi connectivity index (χ2v) is 7.64. The molecule has 1 fully saturated rings. The summed E-state index contributed by atoms with van der Waals surface area (Å²) in [4.78, 5) is 36.5. The van der Waals surface area contributed by atoms with Crippen LogP contribution >= 0.6 is 11.6 Å². The van der Waals surface area contributed by atoms with Crippen LogP contribution in [0.1, 0.15) is 34.1 Å². The average Bonchev–Trinajstić information content (AvgIpc) is 2.89. The van der Waals surface area contributed by atoms with Gasteiger partial charge in [-0.25, -0.2) is 0 Å². The summed E-state index contributed by atoms with van der Waals surface area (Å²) in [5, 5.41) is -0.768. The summed E-state index contributed by atoms with van der Waals surface area (Å²) in [5.74, 6) is -1.79. The van der Waals surface area contributed by atoms with Crippen LogP contribution in [0, 0.1) is 17.8 Å². The average molecular weight is 353 g/mol. The molecule has 5 nitrogen and oxygen atoms in total. The molecule has 1 aliphatic heterocycles. The van der Waals surface area contributed by atoms with Crippen LogP contribution in [0.3, 0.4) is 0 Å². The van der Waals surface area contributed by atoms with Gasteiger partial charge in [-0.2, -0.15) is 0 Å². The van der Waals surface area contributed by atoms with E-state index in [0.29, 0.717) is 12.0 Å². The van der Waals surface area contributed by atoms with Gasteiger partial charge in [-0.3, -0.25) is 14.4 Å². The largest absolute Gasteiger partial charge is 0.461 e. The lowest BCUT2D eigenvalue weighted by atomic mass is 9.79. The highest BCUT2D eigenvalue weighted by atomic mass is 35.5. The van der Waals surface area contributed by atoms with Gasteiger partial charge in [0.2, 0.25) is 0 Å². The van der Waals surface area contributed by atoms with E-state index in [4.69, 9.17) is 21.1 Å². The van der Waals surface area contributed by atoms with E-state index in [2.05, 4.69) is 0 Å². The number of alkyl halides is 1. The van der Waals surface area contributed by atoms with Crippen LogP contribution in [0.5, 0.6) is 0 Å². The zero-order valence-electron chi connectivity index (χ0n) is 14.2. The molecule has 3 rings (SSSR count). The molecule has 0 radical (unpaired) electrons. The summed E-state index contributed by atoms with van der Waals surface area (Å²) in [6.07, 6.45) is 1.02. The molecule has 0 spiro atoms. The number of ketones is 1. The first kappa shape index (κ1) is 17.2. The van der Waals surface area contributed by atoms with Gasteiger partial charge in [0.05, 0.1) is 5.92 Å². The molecule has 3 aliphatic rings. The van der Waals surface area contributed by atoms with Crippen molar-refractivity contribution in [2.24, 2.45) is 17.8 Å². The Bertz CT molecular complexity index is 675. The van der Waals surface area contributed by atoms with Crippen molar-refractivity contribution in [3.8, 4) is 0 Å². The van der Waals surface area contributed by atoms with Crippen molar-refractivity contribution in [3.63, 3.8) is 0 Å². The van der Waals surface area contributed by atoms with E-state index in [9.17, 15) is 14.4 Å². The van der Waals surface area contributed by atoms with Crippen molar-refractivity contribution in [2.45, 2.75) is 51.7 Å². The molecule has 1 heterocycles. The third-order valence-electron chi connectivity index (χ3n) is 5.32. The van der Waals surface area contributed by atoms with Gasteiger partial charge in [0.1, 0.15) is 17.6 Å². The number of fused-ring (bicyclic) bond motifs is 3. The number of rotatable bonds is 2. The maximum atomic E-state index is 12.4. The molecule has 130 valence electrons. The van der Waals surface area contributed by atoms with Crippen LogP contribution in [0.2, 0.25) is 0 Å². The first-order valence-corrected chi connectivity index (χ1v) is 8.63. The monoisotopic (exact) mass is 352 g/mol. The van der Waals surface area contributed by atoms with Crippen LogP contribution < -0.4 is 0 Å². The molecular weight excluding hydrogens is 332 g/mol. The fourth-order valence-corrected chi connectivity index (χ4v) is 4.20. The second-order valence-electron chi connectivity index (χ2n) is 6.99. The molecule has 0 bridgehead atoms. The van der Waals surface area contributed by atoms with Gasteiger partial charge in [-0.15, -0.1) is 11.6 Å². The minimum Gasteiger partial charge on any atom is -0.461 e. The summed E-state index contributed by atoms with van der Waals surface area (Å²) in [5.41, 5.74) is 2.46. The van der Waals surface area contributed by atoms with E-state index in [1.54, 1.807) is 19.9 Å². The molecule has 0 aromatic carbocycles. The maximum Gasteiger partial charge on any atom is 0.324 e. The highest BCUT2D eigenvalue weighted by Gasteiger charge is 2.55. The van der Waals surface area contributed by atoms with Crippen LogP contribution in [-0.2, 0) is 23.9 Å². The molecule has 0 saturated carbocycles. The second kappa shape index (κ2) is 6.03. The number of carbonyl (C=O) groups is 3. The summed E-state index contributed by atoms with van der Waals surface area (Å²) >= 11 is 5.83. The SMILES string of the molecule is CC1=CC(=O)C2=C(C)C[C@@H](OC(=O)[C@H](C)Cl)[C@@H]3[C@@H](OC(=O)[C@@H]3C)[C@@H]12. The summed E-state index contributed by atoms with van der Waals surface area (Å²) in [6.45, 7) is 7.09. The van der Waals surface area contributed by atoms with Crippen LogP contribution in [0.25, 0.3) is 0 Å². The van der Waals surface area contributed by atoms with E-state index in [1.807, 2.05) is 13.8 Å². The fraction of sp³-hybridized carbons (Fsp3) is 0.611. The van der Waals surface area contributed by atoms with Gasteiger partial charge in [0.15, 0.2) is 5.78 Å². The zero-order valence-corrected chi connectivity index (χ0v) is 14.9. The lowest BCUT2D eigenvalue weighted by Crippen LogP contribution is -2.38. The fourth-order valence-electron chi connectivity index (χ4n) is 4.15. The first-order valence-electron chi connectivity index (χ1n) is 8.19. The van der Waals surface area contributed by atoms with E-state index in [0.717, 1.165) is 11.1 Å². The quantitative estimate of drug-likeness (QED) is 0.564. The topological polar surface area (TPSA) is 69.7 Å². The Morgan fingerprint density at radius 1 is 1.38 bits per heavy atom. The predicted molar refractivity (Wildman–Crippen MR) is 87.3 cm³/mol. The molecule has 0 N–H and O–H groups in total. The number of hydrogen-bond acceptors (Lipinski definition) is 5. The molecular formula is C18H21ClO5. The van der Waals surface area contributed by atoms with Gasteiger partial charge >= 0.3 is 11.9 Å². The van der Waals surface area contributed by atoms with Crippen molar-refractivity contribution >= 4 is 29.3 Å². The molecule has 24 heavy (non-hydrogen) atoms. The van der Waals surface area contributed by atoms with E-state index >= 15 is 0 Å². The van der Waals surface area contributed by atoms with Crippen molar-refractivity contribution in [1.82, 2.24) is 0 Å². The summed E-state index contributed by atoms with van der Waals surface area (Å²) in [6, 6.07) is 0. The van der Waals surface area contributed by atoms with Gasteiger partial charge < -0.3 is 9.47 Å². The van der Waals surface area contributed by atoms with Gasteiger partial charge in [-0.05, 0) is 26.8 Å². The molecule has 6 heteroatoms. The summed E-state index contributed by atoms with van der Waals surface area (Å²) in [7, 11) is 0. The third-order valence-corrected chi connectivity index (χ3v) is 5.50. The Labute approximate surface area is 146 Å². The molecule has 2 aliphatic carbocycles. The Hall–Kier alpha value is -1.62. The Kier molecular flexibility index (Phi) is 4.32. The molecule has 1 saturated heterocycles. The molecule has 0 aromatic heterocycles. The number of ether oxygens (including phenoxy) is 2. The number of halogens is 1. The Morgan fingerprint density at radius 2 is 2.04 bits per heavy atom. The summed E-state index contributed by atoms with van der Waals surface area (Å²) < 4.78 is 11.2. The highest BCUT2D eigenvalue weighted by Crippen LogP contribution is 2.48. The van der Waals surface area contributed by atoms with Crippen LogP contribution in [0.4, 0.5) is 0 Å². The smallest absolute Gasteiger partial charge is 0.324 e. The first-order chi connectivity index (χ1) is 11.2. The Morgan fingerprint density at radius 3 is 2.67 bits per heavy atom. The lowest BCUT2D eigenvalue weighted by Gasteiger charge is -2.29. The standard InChI is InChI=1S/C18H21ClO5/c1-7-5-11(20)13-8(2)6-12(23-18(22)10(4)19)15-9(3)17(21)24-16(15)14(7)13/h5,9-10,12,14-16H,6H2,1-4H3/t9-,10+,12-,14+,15-,16+/m1/s1. The van der Waals surface area contributed by atoms with Gasteiger partial charge in [0, 0.05) is 23.8 Å². The zero-order chi connectivity index (χ0) is 17.8. The van der Waals surface area contributed by atoms with Crippen LogP contribution in [0.15, 0.2) is 22.8 Å². The van der Waals surface area contributed by atoms with E-state index < -0.39 is 29.5 Å². The number of esters is 2. The third kappa shape index (κ3) is 2.59. The number of hydrogen-bond donors (Lipinski definition) is 0. The van der Waals surface area contributed by atoms with Gasteiger partial charge in [-0.1, -0.05) is 18.1 Å². The van der Waals surface area contributed by atoms with E-state index in [1.165, 1.54) is 0 Å². The molecule has 0 unspecified atom stereocenters.